The standard InChI is InChI=1S/C15H22N2O2/c1-11(2)19-13-6-4-5-12(9-13)14(18)17-15(3)7-8-16-10-15/h4-6,9,11,16H,7-8,10H2,1-3H3,(H,17,18). The van der Waals surface area contributed by atoms with E-state index in [1.54, 1.807) is 6.07 Å². The van der Waals surface area contributed by atoms with Gasteiger partial charge in [0.2, 0.25) is 0 Å². The molecular formula is C15H22N2O2. The second-order valence-electron chi connectivity index (χ2n) is 5.64. The van der Waals surface area contributed by atoms with Crippen molar-refractivity contribution in [3.63, 3.8) is 0 Å². The molecule has 0 saturated carbocycles. The number of hydrogen-bond acceptors (Lipinski definition) is 3. The van der Waals surface area contributed by atoms with Crippen LogP contribution in [0, 0.1) is 0 Å². The Morgan fingerprint density at radius 2 is 2.26 bits per heavy atom. The van der Waals surface area contributed by atoms with Gasteiger partial charge < -0.3 is 15.4 Å². The van der Waals surface area contributed by atoms with Crippen LogP contribution < -0.4 is 15.4 Å². The Bertz CT molecular complexity index is 451. The number of hydrogen-bond donors (Lipinski definition) is 2. The average molecular weight is 262 g/mol. The highest BCUT2D eigenvalue weighted by Crippen LogP contribution is 2.18. The van der Waals surface area contributed by atoms with Crippen molar-refractivity contribution in [2.45, 2.75) is 38.8 Å². The Morgan fingerprint density at radius 1 is 1.47 bits per heavy atom. The van der Waals surface area contributed by atoms with Crippen LogP contribution in [0.25, 0.3) is 0 Å². The first kappa shape index (κ1) is 13.9. The molecule has 1 heterocycles. The minimum absolute atomic E-state index is 0.0413. The van der Waals surface area contributed by atoms with Crippen LogP contribution in [0.1, 0.15) is 37.6 Å². The molecule has 1 saturated heterocycles. The first-order valence-electron chi connectivity index (χ1n) is 6.78. The molecule has 0 radical (unpaired) electrons. The zero-order valence-corrected chi connectivity index (χ0v) is 11.8. The Labute approximate surface area is 114 Å². The first-order valence-corrected chi connectivity index (χ1v) is 6.78. The van der Waals surface area contributed by atoms with Crippen molar-refractivity contribution in [3.8, 4) is 5.75 Å². The fraction of sp³-hybridized carbons (Fsp3) is 0.533. The van der Waals surface area contributed by atoms with Crippen molar-refractivity contribution in [3.05, 3.63) is 29.8 Å². The molecule has 1 aromatic carbocycles. The highest BCUT2D eigenvalue weighted by Gasteiger charge is 2.30. The molecule has 1 atom stereocenters. The molecule has 104 valence electrons. The predicted molar refractivity (Wildman–Crippen MR) is 75.6 cm³/mol. The monoisotopic (exact) mass is 262 g/mol. The zero-order valence-electron chi connectivity index (χ0n) is 11.8. The first-order chi connectivity index (χ1) is 8.98. The molecule has 2 N–H and O–H groups in total. The van der Waals surface area contributed by atoms with Gasteiger partial charge in [0.25, 0.3) is 5.91 Å². The molecule has 2 rings (SSSR count). The van der Waals surface area contributed by atoms with E-state index in [4.69, 9.17) is 4.74 Å². The number of carbonyl (C=O) groups excluding carboxylic acids is 1. The SMILES string of the molecule is CC(C)Oc1cccc(C(=O)NC2(C)CCNC2)c1. The summed E-state index contributed by atoms with van der Waals surface area (Å²) < 4.78 is 5.61. The van der Waals surface area contributed by atoms with Crippen LogP contribution in [0.15, 0.2) is 24.3 Å². The van der Waals surface area contributed by atoms with Gasteiger partial charge in [0.1, 0.15) is 5.75 Å². The van der Waals surface area contributed by atoms with Gasteiger partial charge in [-0.15, -0.1) is 0 Å². The Kier molecular flexibility index (Phi) is 4.10. The number of nitrogens with one attached hydrogen (secondary N) is 2. The van der Waals surface area contributed by atoms with E-state index in [1.807, 2.05) is 32.0 Å². The van der Waals surface area contributed by atoms with Crippen molar-refractivity contribution in [2.75, 3.05) is 13.1 Å². The fourth-order valence-electron chi connectivity index (χ4n) is 2.25. The van der Waals surface area contributed by atoms with Crippen LogP contribution >= 0.6 is 0 Å². The number of rotatable bonds is 4. The van der Waals surface area contributed by atoms with Gasteiger partial charge in [0.05, 0.1) is 11.6 Å². The average Bonchev–Trinajstić information content (AvgIpc) is 2.75. The molecule has 1 fully saturated rings. The molecule has 0 bridgehead atoms. The third kappa shape index (κ3) is 3.70. The molecule has 1 aromatic rings. The summed E-state index contributed by atoms with van der Waals surface area (Å²) in [5.41, 5.74) is 0.498. The van der Waals surface area contributed by atoms with Gasteiger partial charge in [-0.3, -0.25) is 4.79 Å². The van der Waals surface area contributed by atoms with Crippen molar-refractivity contribution < 1.29 is 9.53 Å². The molecule has 1 unspecified atom stereocenters. The van der Waals surface area contributed by atoms with E-state index in [2.05, 4.69) is 17.6 Å². The van der Waals surface area contributed by atoms with Crippen molar-refractivity contribution in [1.82, 2.24) is 10.6 Å². The lowest BCUT2D eigenvalue weighted by Crippen LogP contribution is -2.47. The molecule has 4 nitrogen and oxygen atoms in total. The summed E-state index contributed by atoms with van der Waals surface area (Å²) in [5.74, 6) is 0.692. The van der Waals surface area contributed by atoms with E-state index >= 15 is 0 Å². The third-order valence-corrected chi connectivity index (χ3v) is 3.25. The molecule has 0 spiro atoms. The maximum atomic E-state index is 12.2. The third-order valence-electron chi connectivity index (χ3n) is 3.25. The minimum atomic E-state index is -0.147. The van der Waals surface area contributed by atoms with Gasteiger partial charge in [-0.05, 0) is 51.9 Å². The summed E-state index contributed by atoms with van der Waals surface area (Å²) in [5, 5.41) is 6.36. The van der Waals surface area contributed by atoms with E-state index in [0.717, 1.165) is 25.3 Å². The number of carbonyl (C=O) groups is 1. The quantitative estimate of drug-likeness (QED) is 0.872. The number of benzene rings is 1. The van der Waals surface area contributed by atoms with E-state index in [1.165, 1.54) is 0 Å². The van der Waals surface area contributed by atoms with E-state index in [9.17, 15) is 4.79 Å². The van der Waals surface area contributed by atoms with Crippen LogP contribution in [-0.2, 0) is 0 Å². The number of amides is 1. The summed E-state index contributed by atoms with van der Waals surface area (Å²) in [6.07, 6.45) is 1.07. The number of ether oxygens (including phenoxy) is 1. The lowest BCUT2D eigenvalue weighted by molar-refractivity contribution is 0.0912. The van der Waals surface area contributed by atoms with E-state index in [-0.39, 0.29) is 17.6 Å². The molecular weight excluding hydrogens is 240 g/mol. The Balaban J connectivity index is 2.06. The molecule has 0 aliphatic carbocycles. The highest BCUT2D eigenvalue weighted by molar-refractivity contribution is 5.95. The van der Waals surface area contributed by atoms with Crippen LogP contribution in [-0.4, -0.2) is 30.6 Å². The molecule has 1 amide bonds. The molecule has 19 heavy (non-hydrogen) atoms. The summed E-state index contributed by atoms with van der Waals surface area (Å²) in [6, 6.07) is 7.33. The fourth-order valence-corrected chi connectivity index (χ4v) is 2.25. The summed E-state index contributed by atoms with van der Waals surface area (Å²) in [4.78, 5) is 12.2. The van der Waals surface area contributed by atoms with E-state index < -0.39 is 0 Å². The van der Waals surface area contributed by atoms with E-state index in [0.29, 0.717) is 5.56 Å². The Hall–Kier alpha value is -1.55. The van der Waals surface area contributed by atoms with Crippen LogP contribution in [0.5, 0.6) is 5.75 Å². The second kappa shape index (κ2) is 5.61. The van der Waals surface area contributed by atoms with Crippen molar-refractivity contribution in [2.24, 2.45) is 0 Å². The van der Waals surface area contributed by atoms with Crippen molar-refractivity contribution in [1.29, 1.82) is 0 Å². The van der Waals surface area contributed by atoms with Gasteiger partial charge in [-0.1, -0.05) is 6.07 Å². The topological polar surface area (TPSA) is 50.4 Å². The molecule has 1 aliphatic heterocycles. The molecule has 1 aliphatic rings. The van der Waals surface area contributed by atoms with Crippen molar-refractivity contribution >= 4 is 5.91 Å². The Morgan fingerprint density at radius 3 is 2.89 bits per heavy atom. The summed E-state index contributed by atoms with van der Waals surface area (Å²) in [6.45, 7) is 7.78. The summed E-state index contributed by atoms with van der Waals surface area (Å²) in [7, 11) is 0. The van der Waals surface area contributed by atoms with Gasteiger partial charge in [-0.25, -0.2) is 0 Å². The van der Waals surface area contributed by atoms with Gasteiger partial charge in [0, 0.05) is 12.1 Å². The smallest absolute Gasteiger partial charge is 0.251 e. The normalized spacial score (nSPS) is 22.5. The lowest BCUT2D eigenvalue weighted by atomic mass is 10.0. The zero-order chi connectivity index (χ0) is 13.9. The van der Waals surface area contributed by atoms with Crippen LogP contribution in [0.3, 0.4) is 0 Å². The second-order valence-corrected chi connectivity index (χ2v) is 5.64. The maximum absolute atomic E-state index is 12.2. The largest absolute Gasteiger partial charge is 0.491 e. The van der Waals surface area contributed by atoms with Gasteiger partial charge in [-0.2, -0.15) is 0 Å². The maximum Gasteiger partial charge on any atom is 0.251 e. The van der Waals surface area contributed by atoms with Crippen LogP contribution in [0.2, 0.25) is 0 Å². The molecule has 0 aromatic heterocycles. The highest BCUT2D eigenvalue weighted by atomic mass is 16.5. The predicted octanol–water partition coefficient (Wildman–Crippen LogP) is 1.96. The lowest BCUT2D eigenvalue weighted by Gasteiger charge is -2.24. The van der Waals surface area contributed by atoms with Gasteiger partial charge >= 0.3 is 0 Å². The van der Waals surface area contributed by atoms with Gasteiger partial charge in [0.15, 0.2) is 0 Å². The molecule has 4 heteroatoms. The van der Waals surface area contributed by atoms with Crippen LogP contribution in [0.4, 0.5) is 0 Å². The minimum Gasteiger partial charge on any atom is -0.491 e. The summed E-state index contributed by atoms with van der Waals surface area (Å²) >= 11 is 0.